The quantitative estimate of drug-likeness (QED) is 0.258. The molecule has 4 atom stereocenters. The highest BCUT2D eigenvalue weighted by Gasteiger charge is 2.38. The van der Waals surface area contributed by atoms with Crippen molar-refractivity contribution in [3.63, 3.8) is 0 Å². The fourth-order valence-corrected chi connectivity index (χ4v) is 3.58. The molecule has 7 N–H and O–H groups in total. The number of carboxylic acid groups (broad SMARTS) is 1. The van der Waals surface area contributed by atoms with Crippen LogP contribution in [0.5, 0.6) is 0 Å². The molecule has 1 heterocycles. The van der Waals surface area contributed by atoms with Gasteiger partial charge in [-0.15, -0.1) is 0 Å². The summed E-state index contributed by atoms with van der Waals surface area (Å²) in [6.07, 6.45) is 0.911. The second-order valence-electron chi connectivity index (χ2n) is 9.05. The summed E-state index contributed by atoms with van der Waals surface area (Å²) in [5.74, 6) is -3.52. The summed E-state index contributed by atoms with van der Waals surface area (Å²) in [6, 6.07) is -3.86. The summed E-state index contributed by atoms with van der Waals surface area (Å²) >= 11 is 0. The maximum absolute atomic E-state index is 13.1. The van der Waals surface area contributed by atoms with Crippen LogP contribution in [0.15, 0.2) is 0 Å². The van der Waals surface area contributed by atoms with Gasteiger partial charge in [0.2, 0.25) is 23.6 Å². The van der Waals surface area contributed by atoms with Crippen LogP contribution in [0.1, 0.15) is 59.8 Å². The lowest BCUT2D eigenvalue weighted by molar-refractivity contribution is -0.149. The normalized spacial score (nSPS) is 18.8. The number of likely N-dealkylation sites (tertiary alicyclic amines) is 1. The minimum absolute atomic E-state index is 0.0519. The molecule has 0 aromatic rings. The van der Waals surface area contributed by atoms with Crippen molar-refractivity contribution < 1.29 is 29.1 Å². The maximum Gasteiger partial charge on any atom is 0.326 e. The molecule has 182 valence electrons. The Kier molecular flexibility index (Phi) is 10.6. The van der Waals surface area contributed by atoms with Crippen molar-refractivity contribution in [3.8, 4) is 0 Å². The standard InChI is InChI=1S/C21H37N5O6/c1-11(2)10-14(25-19(29)17(23)12(3)4)18(28)24-13(7-8-16(22)27)20(30)26-9-5-6-15(26)21(31)32/h11-15,17H,5-10,23H2,1-4H3,(H2,22,27)(H,24,28)(H,25,29)(H,31,32). The van der Waals surface area contributed by atoms with Crippen molar-refractivity contribution in [1.29, 1.82) is 0 Å². The zero-order valence-electron chi connectivity index (χ0n) is 19.3. The Labute approximate surface area is 188 Å². The smallest absolute Gasteiger partial charge is 0.326 e. The number of rotatable bonds is 12. The van der Waals surface area contributed by atoms with E-state index >= 15 is 0 Å². The van der Waals surface area contributed by atoms with Gasteiger partial charge in [-0.05, 0) is 37.5 Å². The number of aliphatic carboxylic acids is 1. The van der Waals surface area contributed by atoms with Gasteiger partial charge in [-0.3, -0.25) is 19.2 Å². The molecular formula is C21H37N5O6. The molecule has 1 aliphatic heterocycles. The topological polar surface area (TPSA) is 185 Å². The van der Waals surface area contributed by atoms with E-state index < -0.39 is 53.8 Å². The van der Waals surface area contributed by atoms with Crippen LogP contribution in [-0.4, -0.2) is 70.3 Å². The third kappa shape index (κ3) is 8.10. The summed E-state index contributed by atoms with van der Waals surface area (Å²) in [6.45, 7) is 7.58. The molecule has 1 aliphatic rings. The number of carbonyl (C=O) groups is 5. The van der Waals surface area contributed by atoms with Crippen LogP contribution in [0, 0.1) is 11.8 Å². The second-order valence-corrected chi connectivity index (χ2v) is 9.05. The predicted molar refractivity (Wildman–Crippen MR) is 117 cm³/mol. The van der Waals surface area contributed by atoms with Crippen molar-refractivity contribution in [3.05, 3.63) is 0 Å². The highest BCUT2D eigenvalue weighted by atomic mass is 16.4. The molecule has 1 saturated heterocycles. The fraction of sp³-hybridized carbons (Fsp3) is 0.762. The summed E-state index contributed by atoms with van der Waals surface area (Å²) < 4.78 is 0. The fourth-order valence-electron chi connectivity index (χ4n) is 3.58. The number of nitrogens with zero attached hydrogens (tertiary/aromatic N) is 1. The van der Waals surface area contributed by atoms with E-state index in [2.05, 4.69) is 10.6 Å². The van der Waals surface area contributed by atoms with E-state index in [0.717, 1.165) is 0 Å². The summed E-state index contributed by atoms with van der Waals surface area (Å²) in [4.78, 5) is 62.5. The van der Waals surface area contributed by atoms with Gasteiger partial charge < -0.3 is 32.1 Å². The van der Waals surface area contributed by atoms with E-state index in [4.69, 9.17) is 11.5 Å². The molecular weight excluding hydrogens is 418 g/mol. The van der Waals surface area contributed by atoms with Gasteiger partial charge in [0.05, 0.1) is 6.04 Å². The first kappa shape index (κ1) is 27.3. The molecule has 0 aromatic heterocycles. The van der Waals surface area contributed by atoms with Gasteiger partial charge in [0.25, 0.3) is 0 Å². The number of carboxylic acids is 1. The summed E-state index contributed by atoms with van der Waals surface area (Å²) in [7, 11) is 0. The van der Waals surface area contributed by atoms with Crippen LogP contribution in [0.2, 0.25) is 0 Å². The number of primary amides is 1. The van der Waals surface area contributed by atoms with E-state index in [1.807, 2.05) is 13.8 Å². The van der Waals surface area contributed by atoms with Gasteiger partial charge in [0.15, 0.2) is 0 Å². The monoisotopic (exact) mass is 455 g/mol. The molecule has 1 fully saturated rings. The number of carbonyl (C=O) groups excluding carboxylic acids is 4. The predicted octanol–water partition coefficient (Wildman–Crippen LogP) is -0.673. The summed E-state index contributed by atoms with van der Waals surface area (Å²) in [5.41, 5.74) is 11.1. The lowest BCUT2D eigenvalue weighted by Gasteiger charge is -2.29. The molecule has 1 rings (SSSR count). The van der Waals surface area contributed by atoms with E-state index in [-0.39, 0.29) is 31.2 Å². The molecule has 0 radical (unpaired) electrons. The molecule has 0 spiro atoms. The first-order chi connectivity index (χ1) is 14.8. The molecule has 0 bridgehead atoms. The van der Waals surface area contributed by atoms with Crippen LogP contribution >= 0.6 is 0 Å². The van der Waals surface area contributed by atoms with Crippen molar-refractivity contribution in [2.24, 2.45) is 23.3 Å². The third-order valence-corrected chi connectivity index (χ3v) is 5.48. The van der Waals surface area contributed by atoms with E-state index in [0.29, 0.717) is 19.3 Å². The average Bonchev–Trinajstić information content (AvgIpc) is 3.18. The minimum atomic E-state index is -1.14. The zero-order chi connectivity index (χ0) is 24.6. The lowest BCUT2D eigenvalue weighted by Crippen LogP contribution is -2.57. The lowest BCUT2D eigenvalue weighted by atomic mass is 9.99. The maximum atomic E-state index is 13.1. The highest BCUT2D eigenvalue weighted by molar-refractivity contribution is 5.94. The number of nitrogens with one attached hydrogen (secondary N) is 2. The Morgan fingerprint density at radius 2 is 1.62 bits per heavy atom. The SMILES string of the molecule is CC(C)CC(NC(=O)C(N)C(C)C)C(=O)NC(CCC(N)=O)C(=O)N1CCCC1C(=O)O. The first-order valence-electron chi connectivity index (χ1n) is 11.0. The van der Waals surface area contributed by atoms with Crippen LogP contribution in [0.3, 0.4) is 0 Å². The van der Waals surface area contributed by atoms with Crippen molar-refractivity contribution in [1.82, 2.24) is 15.5 Å². The first-order valence-corrected chi connectivity index (χ1v) is 11.0. The minimum Gasteiger partial charge on any atom is -0.480 e. The largest absolute Gasteiger partial charge is 0.480 e. The van der Waals surface area contributed by atoms with Crippen molar-refractivity contribution in [2.45, 2.75) is 84.0 Å². The Morgan fingerprint density at radius 3 is 2.12 bits per heavy atom. The number of amides is 4. The molecule has 0 saturated carbocycles. The third-order valence-electron chi connectivity index (χ3n) is 5.48. The van der Waals surface area contributed by atoms with E-state index in [9.17, 15) is 29.1 Å². The van der Waals surface area contributed by atoms with Crippen molar-refractivity contribution >= 4 is 29.6 Å². The van der Waals surface area contributed by atoms with Gasteiger partial charge in [-0.1, -0.05) is 27.7 Å². The van der Waals surface area contributed by atoms with Gasteiger partial charge in [-0.25, -0.2) is 4.79 Å². The molecule has 32 heavy (non-hydrogen) atoms. The van der Waals surface area contributed by atoms with Crippen molar-refractivity contribution in [2.75, 3.05) is 6.54 Å². The summed E-state index contributed by atoms with van der Waals surface area (Å²) in [5, 5.41) is 14.6. The molecule has 11 heteroatoms. The van der Waals surface area contributed by atoms with Gasteiger partial charge in [-0.2, -0.15) is 0 Å². The van der Waals surface area contributed by atoms with Gasteiger partial charge in [0.1, 0.15) is 18.1 Å². The van der Waals surface area contributed by atoms with E-state index in [1.54, 1.807) is 13.8 Å². The Hall–Kier alpha value is -2.69. The number of nitrogens with two attached hydrogens (primary N) is 2. The highest BCUT2D eigenvalue weighted by Crippen LogP contribution is 2.20. The Morgan fingerprint density at radius 1 is 1.03 bits per heavy atom. The van der Waals surface area contributed by atoms with Crippen LogP contribution in [0.25, 0.3) is 0 Å². The molecule has 11 nitrogen and oxygen atoms in total. The van der Waals surface area contributed by atoms with Gasteiger partial charge in [0, 0.05) is 13.0 Å². The zero-order valence-corrected chi connectivity index (χ0v) is 19.3. The molecule has 0 aliphatic carbocycles. The molecule has 4 unspecified atom stereocenters. The average molecular weight is 456 g/mol. The number of hydrogen-bond donors (Lipinski definition) is 5. The molecule has 0 aromatic carbocycles. The van der Waals surface area contributed by atoms with Crippen LogP contribution < -0.4 is 22.1 Å². The van der Waals surface area contributed by atoms with Crippen LogP contribution in [0.4, 0.5) is 0 Å². The van der Waals surface area contributed by atoms with Crippen LogP contribution in [-0.2, 0) is 24.0 Å². The van der Waals surface area contributed by atoms with Gasteiger partial charge >= 0.3 is 5.97 Å². The second kappa shape index (κ2) is 12.4. The number of hydrogen-bond acceptors (Lipinski definition) is 6. The Balaban J connectivity index is 3.03. The Bertz CT molecular complexity index is 711. The molecule has 4 amide bonds. The van der Waals surface area contributed by atoms with E-state index in [1.165, 1.54) is 4.90 Å².